The highest BCUT2D eigenvalue weighted by molar-refractivity contribution is 6.01. The van der Waals surface area contributed by atoms with Crippen LogP contribution < -0.4 is 19.5 Å². The summed E-state index contributed by atoms with van der Waals surface area (Å²) in [6.07, 6.45) is 3.69. The Morgan fingerprint density at radius 2 is 1.74 bits per heavy atom. The van der Waals surface area contributed by atoms with Crippen molar-refractivity contribution in [2.24, 2.45) is 0 Å². The lowest BCUT2D eigenvalue weighted by atomic mass is 10.0. The largest absolute Gasteiger partial charge is 0.497 e. The molecule has 0 atom stereocenters. The first-order chi connectivity index (χ1) is 18.9. The number of methoxy groups -OCH3 is 1. The summed E-state index contributed by atoms with van der Waals surface area (Å²) in [5.74, 6) is 0.192. The van der Waals surface area contributed by atoms with E-state index in [4.69, 9.17) is 19.3 Å². The van der Waals surface area contributed by atoms with Gasteiger partial charge in [0.15, 0.2) is 11.5 Å². The van der Waals surface area contributed by atoms with Crippen molar-refractivity contribution in [3.63, 3.8) is 0 Å². The van der Waals surface area contributed by atoms with Gasteiger partial charge < -0.3 is 24.6 Å². The van der Waals surface area contributed by atoms with Crippen molar-refractivity contribution >= 4 is 18.0 Å². The first kappa shape index (κ1) is 28.5. The van der Waals surface area contributed by atoms with Gasteiger partial charge in [-0.15, -0.1) is 6.58 Å². The second kappa shape index (κ2) is 14.1. The van der Waals surface area contributed by atoms with Gasteiger partial charge in [-0.2, -0.15) is 5.26 Å². The highest BCUT2D eigenvalue weighted by atomic mass is 16.5. The van der Waals surface area contributed by atoms with Gasteiger partial charge in [0.05, 0.1) is 19.3 Å². The van der Waals surface area contributed by atoms with Gasteiger partial charge in [0, 0.05) is 12.1 Å². The summed E-state index contributed by atoms with van der Waals surface area (Å²) in [6.45, 7) is 6.49. The van der Waals surface area contributed by atoms with Gasteiger partial charge in [0.1, 0.15) is 24.0 Å². The molecular formula is C31H30N2O6. The molecule has 3 aromatic carbocycles. The fourth-order valence-corrected chi connectivity index (χ4v) is 3.74. The van der Waals surface area contributed by atoms with E-state index < -0.39 is 11.9 Å². The summed E-state index contributed by atoms with van der Waals surface area (Å²) < 4.78 is 17.1. The van der Waals surface area contributed by atoms with Gasteiger partial charge in [0.25, 0.3) is 5.91 Å². The molecule has 0 radical (unpaired) electrons. The van der Waals surface area contributed by atoms with Crippen LogP contribution in [0.4, 0.5) is 0 Å². The van der Waals surface area contributed by atoms with Crippen molar-refractivity contribution in [2.75, 3.05) is 13.7 Å². The third-order valence-corrected chi connectivity index (χ3v) is 5.69. The van der Waals surface area contributed by atoms with E-state index in [1.807, 2.05) is 31.2 Å². The van der Waals surface area contributed by atoms with Crippen LogP contribution in [0, 0.1) is 11.3 Å². The minimum atomic E-state index is -0.996. The van der Waals surface area contributed by atoms with Crippen molar-refractivity contribution in [1.29, 1.82) is 5.26 Å². The number of carboxylic acids is 1. The summed E-state index contributed by atoms with van der Waals surface area (Å²) >= 11 is 0. The van der Waals surface area contributed by atoms with Crippen molar-refractivity contribution in [2.45, 2.75) is 26.5 Å². The minimum absolute atomic E-state index is 0.0531. The first-order valence-electron chi connectivity index (χ1n) is 12.3. The Bertz CT molecular complexity index is 1390. The number of benzene rings is 3. The number of aromatic carboxylic acids is 1. The Morgan fingerprint density at radius 1 is 1.05 bits per heavy atom. The number of nitrogens with zero attached hydrogens (tertiary/aromatic N) is 1. The molecule has 0 heterocycles. The normalized spacial score (nSPS) is 10.7. The summed E-state index contributed by atoms with van der Waals surface area (Å²) in [5, 5.41) is 21.6. The number of amides is 1. The fraction of sp³-hybridized carbons (Fsp3) is 0.194. The molecule has 2 N–H and O–H groups in total. The number of carbonyl (C=O) groups excluding carboxylic acids is 1. The van der Waals surface area contributed by atoms with Crippen molar-refractivity contribution in [3.05, 3.63) is 107 Å². The molecule has 8 nitrogen and oxygen atoms in total. The standard InChI is InChI=1S/C31H30N2O6/c1-4-6-25-15-23(16-26(18-32)30(34)33-19-21-9-13-27(37-3)14-10-21)17-28(38-5-2)29(25)39-20-22-7-11-24(12-8-22)31(35)36/h4,7-17H,1,5-6,19-20H2,2-3H3,(H,33,34)(H,35,36). The quantitative estimate of drug-likeness (QED) is 0.176. The molecule has 8 heteroatoms. The Balaban J connectivity index is 1.83. The predicted molar refractivity (Wildman–Crippen MR) is 148 cm³/mol. The second-order valence-corrected chi connectivity index (χ2v) is 8.42. The molecule has 0 bridgehead atoms. The van der Waals surface area contributed by atoms with E-state index in [9.17, 15) is 14.9 Å². The first-order valence-corrected chi connectivity index (χ1v) is 12.3. The van der Waals surface area contributed by atoms with Crippen LogP contribution in [0.1, 0.15) is 39.5 Å². The number of carbonyl (C=O) groups is 2. The number of nitrogens with one attached hydrogen (secondary N) is 1. The minimum Gasteiger partial charge on any atom is -0.497 e. The smallest absolute Gasteiger partial charge is 0.335 e. The number of hydrogen-bond donors (Lipinski definition) is 2. The highest BCUT2D eigenvalue weighted by Crippen LogP contribution is 2.35. The van der Waals surface area contributed by atoms with Crippen LogP contribution in [0.25, 0.3) is 6.08 Å². The molecule has 0 aromatic heterocycles. The highest BCUT2D eigenvalue weighted by Gasteiger charge is 2.16. The Morgan fingerprint density at radius 3 is 2.33 bits per heavy atom. The van der Waals surface area contributed by atoms with Crippen LogP contribution in [0.3, 0.4) is 0 Å². The maximum atomic E-state index is 12.8. The Labute approximate surface area is 227 Å². The maximum Gasteiger partial charge on any atom is 0.335 e. The molecule has 0 aliphatic heterocycles. The molecule has 0 aliphatic rings. The van der Waals surface area contributed by atoms with Crippen LogP contribution in [-0.2, 0) is 24.4 Å². The van der Waals surface area contributed by atoms with Crippen LogP contribution >= 0.6 is 0 Å². The molecule has 0 unspecified atom stereocenters. The third-order valence-electron chi connectivity index (χ3n) is 5.69. The molecule has 39 heavy (non-hydrogen) atoms. The molecule has 0 aliphatic carbocycles. The van der Waals surface area contributed by atoms with E-state index in [0.717, 1.165) is 16.7 Å². The summed E-state index contributed by atoms with van der Waals surface area (Å²) in [5.41, 5.74) is 3.16. The number of ether oxygens (including phenoxy) is 3. The molecule has 1 amide bonds. The summed E-state index contributed by atoms with van der Waals surface area (Å²) in [6, 6.07) is 19.2. The monoisotopic (exact) mass is 526 g/mol. The number of hydrogen-bond acceptors (Lipinski definition) is 6. The van der Waals surface area contributed by atoms with E-state index in [-0.39, 0.29) is 24.3 Å². The van der Waals surface area contributed by atoms with Gasteiger partial charge >= 0.3 is 5.97 Å². The Kier molecular flexibility index (Phi) is 10.3. The van der Waals surface area contributed by atoms with E-state index in [0.29, 0.717) is 35.8 Å². The van der Waals surface area contributed by atoms with E-state index in [2.05, 4.69) is 11.9 Å². The molecular weight excluding hydrogens is 496 g/mol. The lowest BCUT2D eigenvalue weighted by molar-refractivity contribution is -0.117. The van der Waals surface area contributed by atoms with E-state index in [1.54, 1.807) is 43.5 Å². The number of allylic oxidation sites excluding steroid dienone is 1. The lowest BCUT2D eigenvalue weighted by Gasteiger charge is -2.17. The number of carboxylic acid groups (broad SMARTS) is 1. The molecule has 3 aromatic rings. The van der Waals surface area contributed by atoms with Crippen LogP contribution in [0.5, 0.6) is 17.2 Å². The maximum absolute atomic E-state index is 12.8. The SMILES string of the molecule is C=CCc1cc(C=C(C#N)C(=O)NCc2ccc(OC)cc2)cc(OCC)c1OCc1ccc(C(=O)O)cc1. The lowest BCUT2D eigenvalue weighted by Crippen LogP contribution is -2.23. The van der Waals surface area contributed by atoms with Gasteiger partial charge in [-0.3, -0.25) is 4.79 Å². The zero-order chi connectivity index (χ0) is 28.2. The molecule has 0 saturated carbocycles. The Hall–Kier alpha value is -5.03. The van der Waals surface area contributed by atoms with Gasteiger partial charge in [-0.25, -0.2) is 4.79 Å². The third kappa shape index (κ3) is 7.98. The van der Waals surface area contributed by atoms with Crippen LogP contribution in [0.15, 0.2) is 78.9 Å². The fourth-order valence-electron chi connectivity index (χ4n) is 3.74. The topological polar surface area (TPSA) is 118 Å². The van der Waals surface area contributed by atoms with Gasteiger partial charge in [0.2, 0.25) is 0 Å². The molecule has 200 valence electrons. The molecule has 0 saturated heterocycles. The number of rotatable bonds is 13. The van der Waals surface area contributed by atoms with Gasteiger partial charge in [-0.1, -0.05) is 30.3 Å². The second-order valence-electron chi connectivity index (χ2n) is 8.42. The molecule has 0 fully saturated rings. The molecule has 0 spiro atoms. The van der Waals surface area contributed by atoms with Crippen molar-refractivity contribution < 1.29 is 28.9 Å². The number of nitriles is 1. The van der Waals surface area contributed by atoms with Crippen LogP contribution in [0.2, 0.25) is 0 Å². The van der Waals surface area contributed by atoms with Gasteiger partial charge in [-0.05, 0) is 72.5 Å². The van der Waals surface area contributed by atoms with Crippen LogP contribution in [-0.4, -0.2) is 30.7 Å². The molecule has 3 rings (SSSR count). The average molecular weight is 527 g/mol. The zero-order valence-electron chi connectivity index (χ0n) is 21.9. The average Bonchev–Trinajstić information content (AvgIpc) is 2.95. The van der Waals surface area contributed by atoms with E-state index in [1.165, 1.54) is 18.2 Å². The predicted octanol–water partition coefficient (Wildman–Crippen LogP) is 5.32. The zero-order valence-corrected chi connectivity index (χ0v) is 21.9. The summed E-state index contributed by atoms with van der Waals surface area (Å²) in [4.78, 5) is 23.9. The van der Waals surface area contributed by atoms with Crippen molar-refractivity contribution in [1.82, 2.24) is 5.32 Å². The summed E-state index contributed by atoms with van der Waals surface area (Å²) in [7, 11) is 1.58. The van der Waals surface area contributed by atoms with E-state index >= 15 is 0 Å². The van der Waals surface area contributed by atoms with Crippen molar-refractivity contribution in [3.8, 4) is 23.3 Å².